The predicted octanol–water partition coefficient (Wildman–Crippen LogP) is 3.04. The summed E-state index contributed by atoms with van der Waals surface area (Å²) in [5.41, 5.74) is 4.50. The predicted molar refractivity (Wildman–Crippen MR) is 118 cm³/mol. The van der Waals surface area contributed by atoms with Crippen molar-refractivity contribution in [1.82, 2.24) is 34.6 Å². The van der Waals surface area contributed by atoms with Crippen molar-refractivity contribution in [1.29, 1.82) is 0 Å². The van der Waals surface area contributed by atoms with E-state index in [1.54, 1.807) is 30.6 Å². The summed E-state index contributed by atoms with van der Waals surface area (Å²) in [7, 11) is 0. The summed E-state index contributed by atoms with van der Waals surface area (Å²) in [5.74, 6) is 0.230. The Bertz CT molecular complexity index is 1470. The van der Waals surface area contributed by atoms with Crippen LogP contribution in [0.4, 0.5) is 15.9 Å². The fourth-order valence-corrected chi connectivity index (χ4v) is 3.49. The normalized spacial score (nSPS) is 12.2. The number of H-pyrrole nitrogens is 1. The van der Waals surface area contributed by atoms with E-state index in [9.17, 15) is 9.18 Å². The first kappa shape index (κ1) is 19.5. The molecule has 0 amide bonds. The number of pyridine rings is 1. The molecule has 0 saturated heterocycles. The van der Waals surface area contributed by atoms with Crippen LogP contribution < -0.4 is 16.3 Å². The van der Waals surface area contributed by atoms with Gasteiger partial charge in [0.15, 0.2) is 17.3 Å². The van der Waals surface area contributed by atoms with Crippen LogP contribution >= 0.6 is 0 Å². The van der Waals surface area contributed by atoms with E-state index < -0.39 is 17.4 Å². The molecule has 0 aliphatic rings. The summed E-state index contributed by atoms with van der Waals surface area (Å²) in [6, 6.07) is 7.35. The third kappa shape index (κ3) is 3.39. The molecule has 0 aliphatic heterocycles. The Morgan fingerprint density at radius 1 is 1.16 bits per heavy atom. The number of benzene rings is 1. The lowest BCUT2D eigenvalue weighted by atomic mass is 10.1. The van der Waals surface area contributed by atoms with Gasteiger partial charge in [0.1, 0.15) is 23.0 Å². The van der Waals surface area contributed by atoms with Gasteiger partial charge in [-0.25, -0.2) is 29.0 Å². The number of imidazole rings is 1. The minimum atomic E-state index is -0.633. The lowest BCUT2D eigenvalue weighted by Crippen LogP contribution is -2.34. The number of hydrogen-bond acceptors (Lipinski definition) is 8. The summed E-state index contributed by atoms with van der Waals surface area (Å²) in [4.78, 5) is 37.6. The van der Waals surface area contributed by atoms with E-state index in [-0.39, 0.29) is 10.9 Å². The number of aromatic amines is 1. The highest BCUT2D eigenvalue weighted by Gasteiger charge is 2.22. The standard InChI is InChI=1S/C21H18FN9O/c1-2-14(28-19-17-18(25-10-24-17)26-11-27-19)20-29-15-5-3-4-13(22)16(15)21(32)31(20)30-12-6-8-23-9-7-12/h3-11,14H,2H2,1H3,(H,23,30)(H2,24,25,26,27,28). The van der Waals surface area contributed by atoms with Crippen molar-refractivity contribution in [2.24, 2.45) is 0 Å². The Morgan fingerprint density at radius 3 is 2.81 bits per heavy atom. The Balaban J connectivity index is 1.67. The Hall–Kier alpha value is -4.41. The first-order valence-corrected chi connectivity index (χ1v) is 9.94. The Kier molecular flexibility index (Phi) is 4.90. The fourth-order valence-electron chi connectivity index (χ4n) is 3.49. The molecule has 1 unspecified atom stereocenters. The number of halogens is 1. The lowest BCUT2D eigenvalue weighted by molar-refractivity contribution is 0.622. The maximum absolute atomic E-state index is 14.5. The van der Waals surface area contributed by atoms with Gasteiger partial charge in [0.05, 0.1) is 23.6 Å². The molecule has 0 radical (unpaired) electrons. The topological polar surface area (TPSA) is 126 Å². The number of aromatic nitrogens is 7. The van der Waals surface area contributed by atoms with Gasteiger partial charge in [0, 0.05) is 12.4 Å². The van der Waals surface area contributed by atoms with Crippen LogP contribution in [0.1, 0.15) is 25.2 Å². The molecule has 5 aromatic rings. The maximum Gasteiger partial charge on any atom is 0.283 e. The number of anilines is 2. The Labute approximate surface area is 180 Å². The fraction of sp³-hybridized carbons (Fsp3) is 0.143. The van der Waals surface area contributed by atoms with Crippen LogP contribution in [0.15, 0.2) is 60.2 Å². The van der Waals surface area contributed by atoms with Gasteiger partial charge < -0.3 is 10.3 Å². The first-order valence-electron chi connectivity index (χ1n) is 9.94. The average molecular weight is 431 g/mol. The van der Waals surface area contributed by atoms with Gasteiger partial charge >= 0.3 is 0 Å². The monoisotopic (exact) mass is 431 g/mol. The van der Waals surface area contributed by atoms with Crippen LogP contribution in [0.2, 0.25) is 0 Å². The van der Waals surface area contributed by atoms with Gasteiger partial charge in [-0.3, -0.25) is 15.2 Å². The van der Waals surface area contributed by atoms with E-state index in [0.717, 1.165) is 0 Å². The molecule has 32 heavy (non-hydrogen) atoms. The zero-order valence-electron chi connectivity index (χ0n) is 17.0. The minimum Gasteiger partial charge on any atom is -0.358 e. The van der Waals surface area contributed by atoms with E-state index in [2.05, 4.69) is 40.6 Å². The molecular formula is C21H18FN9O. The van der Waals surface area contributed by atoms with Crippen molar-refractivity contribution in [2.75, 3.05) is 10.7 Å². The molecule has 160 valence electrons. The largest absolute Gasteiger partial charge is 0.358 e. The zero-order valence-corrected chi connectivity index (χ0v) is 17.0. The summed E-state index contributed by atoms with van der Waals surface area (Å²) >= 11 is 0. The molecule has 0 saturated carbocycles. The molecule has 10 nitrogen and oxygen atoms in total. The van der Waals surface area contributed by atoms with Crippen molar-refractivity contribution >= 4 is 33.6 Å². The van der Waals surface area contributed by atoms with Crippen LogP contribution in [0, 0.1) is 5.82 Å². The molecule has 3 N–H and O–H groups in total. The third-order valence-electron chi connectivity index (χ3n) is 5.04. The highest BCUT2D eigenvalue weighted by molar-refractivity contribution is 5.82. The molecule has 1 aromatic carbocycles. The molecule has 0 fully saturated rings. The van der Waals surface area contributed by atoms with E-state index >= 15 is 0 Å². The number of nitrogens with zero attached hydrogens (tertiary/aromatic N) is 6. The summed E-state index contributed by atoms with van der Waals surface area (Å²) < 4.78 is 15.8. The van der Waals surface area contributed by atoms with Gasteiger partial charge in [0.25, 0.3) is 5.56 Å². The van der Waals surface area contributed by atoms with E-state index in [4.69, 9.17) is 0 Å². The van der Waals surface area contributed by atoms with Crippen molar-refractivity contribution in [3.05, 3.63) is 77.4 Å². The molecule has 5 rings (SSSR count). The van der Waals surface area contributed by atoms with Crippen molar-refractivity contribution < 1.29 is 4.39 Å². The van der Waals surface area contributed by atoms with E-state index in [1.165, 1.54) is 29.5 Å². The van der Waals surface area contributed by atoms with Crippen molar-refractivity contribution in [3.8, 4) is 0 Å². The van der Waals surface area contributed by atoms with Gasteiger partial charge in [-0.05, 0) is 30.7 Å². The SMILES string of the molecule is CCC(Nc1ncnc2[nH]cnc12)c1nc2cccc(F)c2c(=O)n1Nc1ccncc1. The highest BCUT2D eigenvalue weighted by atomic mass is 19.1. The molecule has 0 spiro atoms. The van der Waals surface area contributed by atoms with Crippen molar-refractivity contribution in [3.63, 3.8) is 0 Å². The second-order valence-corrected chi connectivity index (χ2v) is 7.02. The van der Waals surface area contributed by atoms with Crippen LogP contribution in [0.5, 0.6) is 0 Å². The second-order valence-electron chi connectivity index (χ2n) is 7.02. The number of fused-ring (bicyclic) bond motifs is 2. The van der Waals surface area contributed by atoms with E-state index in [0.29, 0.717) is 34.9 Å². The molecular weight excluding hydrogens is 413 g/mol. The molecule has 0 aliphatic carbocycles. The van der Waals surface area contributed by atoms with Crippen LogP contribution in [0.3, 0.4) is 0 Å². The number of hydrogen-bond donors (Lipinski definition) is 3. The van der Waals surface area contributed by atoms with Gasteiger partial charge in [-0.2, -0.15) is 0 Å². The quantitative estimate of drug-likeness (QED) is 0.375. The smallest absolute Gasteiger partial charge is 0.283 e. The lowest BCUT2D eigenvalue weighted by Gasteiger charge is -2.22. The van der Waals surface area contributed by atoms with E-state index in [1.807, 2.05) is 6.92 Å². The number of nitrogens with one attached hydrogen (secondary N) is 3. The average Bonchev–Trinajstić information content (AvgIpc) is 3.30. The summed E-state index contributed by atoms with van der Waals surface area (Å²) in [5, 5.41) is 3.21. The molecule has 4 heterocycles. The van der Waals surface area contributed by atoms with Gasteiger partial charge in [0.2, 0.25) is 0 Å². The van der Waals surface area contributed by atoms with Crippen LogP contribution in [-0.4, -0.2) is 34.6 Å². The van der Waals surface area contributed by atoms with Crippen molar-refractivity contribution in [2.45, 2.75) is 19.4 Å². The molecule has 0 bridgehead atoms. The summed E-state index contributed by atoms with van der Waals surface area (Å²) in [6.07, 6.45) is 6.69. The van der Waals surface area contributed by atoms with Crippen LogP contribution in [0.25, 0.3) is 22.1 Å². The Morgan fingerprint density at radius 2 is 2.00 bits per heavy atom. The minimum absolute atomic E-state index is 0.0932. The number of rotatable bonds is 6. The highest BCUT2D eigenvalue weighted by Crippen LogP contribution is 2.25. The maximum atomic E-state index is 14.5. The molecule has 4 aromatic heterocycles. The van der Waals surface area contributed by atoms with Crippen LogP contribution in [-0.2, 0) is 0 Å². The summed E-state index contributed by atoms with van der Waals surface area (Å²) in [6.45, 7) is 1.94. The van der Waals surface area contributed by atoms with Gasteiger partial charge in [-0.1, -0.05) is 13.0 Å². The van der Waals surface area contributed by atoms with Gasteiger partial charge in [-0.15, -0.1) is 0 Å². The first-order chi connectivity index (χ1) is 15.7. The zero-order chi connectivity index (χ0) is 22.1. The second kappa shape index (κ2) is 8.02. The molecule has 1 atom stereocenters. The third-order valence-corrected chi connectivity index (χ3v) is 5.04. The molecule has 11 heteroatoms.